The lowest BCUT2D eigenvalue weighted by Crippen LogP contribution is -2.45. The van der Waals surface area contributed by atoms with Gasteiger partial charge in [0.15, 0.2) is 0 Å². The van der Waals surface area contributed by atoms with Crippen LogP contribution in [0.3, 0.4) is 0 Å². The van der Waals surface area contributed by atoms with E-state index < -0.39 is 26.6 Å². The Morgan fingerprint density at radius 1 is 0.545 bits per heavy atom. The summed E-state index contributed by atoms with van der Waals surface area (Å²) in [6.45, 7) is 4.47. The van der Waals surface area contributed by atoms with Crippen molar-refractivity contribution >= 4 is 13.7 Å². The fourth-order valence-corrected chi connectivity index (χ4v) is 7.34. The number of allylic oxidation sites excluding steroid dienone is 19. The minimum atomic E-state index is -4.61. The molecule has 0 rings (SSSR count). The molecule has 0 heterocycles. The summed E-state index contributed by atoms with van der Waals surface area (Å²) in [5, 5.41) is 13.8. The van der Waals surface area contributed by atoms with Crippen LogP contribution in [0.2, 0.25) is 0 Å². The van der Waals surface area contributed by atoms with Crippen LogP contribution in [0, 0.1) is 0 Å². The molecular weight excluding hydrogens is 840 g/mol. The fraction of sp³-hybridized carbons (Fsp3) is 0.632. The number of carbonyl (C=O) groups excluding carboxylic acids is 1. The lowest BCUT2D eigenvalue weighted by Gasteiger charge is -2.29. The molecule has 0 spiro atoms. The Bertz CT molecular complexity index is 1480. The molecule has 0 aliphatic rings. The summed E-state index contributed by atoms with van der Waals surface area (Å²) >= 11 is 0. The minimum Gasteiger partial charge on any atom is -0.756 e. The molecular formula is C57H97N2O6P. The maximum absolute atomic E-state index is 12.9. The molecule has 66 heavy (non-hydrogen) atoms. The lowest BCUT2D eigenvalue weighted by molar-refractivity contribution is -0.870. The number of quaternary nitrogens is 1. The molecule has 0 saturated carbocycles. The number of aliphatic hydroxyl groups is 1. The molecule has 0 aliphatic carbocycles. The molecule has 0 aromatic rings. The number of amides is 1. The predicted molar refractivity (Wildman–Crippen MR) is 283 cm³/mol. The maximum atomic E-state index is 12.9. The van der Waals surface area contributed by atoms with Gasteiger partial charge in [0.1, 0.15) is 13.2 Å². The third kappa shape index (κ3) is 48.8. The van der Waals surface area contributed by atoms with Crippen molar-refractivity contribution in [2.45, 2.75) is 193 Å². The topological polar surface area (TPSA) is 108 Å². The lowest BCUT2D eigenvalue weighted by atomic mass is 10.0. The zero-order valence-electron chi connectivity index (χ0n) is 42.6. The molecule has 376 valence electrons. The predicted octanol–water partition coefficient (Wildman–Crippen LogP) is 14.8. The number of carbonyl (C=O) groups is 1. The normalized spacial score (nSPS) is 15.1. The fourth-order valence-electron chi connectivity index (χ4n) is 6.61. The zero-order chi connectivity index (χ0) is 48.5. The number of likely N-dealkylation sites (N-methyl/N-ethyl adjacent to an activating group) is 1. The van der Waals surface area contributed by atoms with Crippen LogP contribution in [0.15, 0.2) is 122 Å². The number of nitrogens with zero attached hydrogens (tertiary/aromatic N) is 1. The van der Waals surface area contributed by atoms with Gasteiger partial charge in [-0.25, -0.2) is 0 Å². The highest BCUT2D eigenvalue weighted by Crippen LogP contribution is 2.38. The third-order valence-corrected chi connectivity index (χ3v) is 11.6. The second-order valence-electron chi connectivity index (χ2n) is 18.1. The molecule has 0 aliphatic heterocycles. The first-order chi connectivity index (χ1) is 32.0. The molecule has 0 radical (unpaired) electrons. The molecule has 8 nitrogen and oxygen atoms in total. The number of nitrogens with one attached hydrogen (secondary N) is 1. The number of unbranched alkanes of at least 4 members (excludes halogenated alkanes) is 14. The van der Waals surface area contributed by atoms with Crippen molar-refractivity contribution in [2.75, 3.05) is 40.9 Å². The number of phosphoric acid groups is 1. The zero-order valence-corrected chi connectivity index (χ0v) is 43.5. The largest absolute Gasteiger partial charge is 0.756 e. The Kier molecular flexibility index (Phi) is 44.8. The third-order valence-electron chi connectivity index (χ3n) is 10.7. The van der Waals surface area contributed by atoms with Gasteiger partial charge in [-0.3, -0.25) is 9.36 Å². The van der Waals surface area contributed by atoms with Crippen LogP contribution in [-0.2, 0) is 18.4 Å². The van der Waals surface area contributed by atoms with Gasteiger partial charge in [0.25, 0.3) is 7.82 Å². The van der Waals surface area contributed by atoms with Crippen LogP contribution in [0.4, 0.5) is 0 Å². The minimum absolute atomic E-state index is 0.0148. The van der Waals surface area contributed by atoms with Crippen LogP contribution < -0.4 is 10.2 Å². The van der Waals surface area contributed by atoms with E-state index in [-0.39, 0.29) is 12.5 Å². The van der Waals surface area contributed by atoms with E-state index in [0.717, 1.165) is 96.3 Å². The van der Waals surface area contributed by atoms with Crippen LogP contribution in [0.1, 0.15) is 181 Å². The van der Waals surface area contributed by atoms with E-state index in [1.807, 2.05) is 27.2 Å². The number of aliphatic hydroxyl groups excluding tert-OH is 1. The molecule has 2 N–H and O–H groups in total. The smallest absolute Gasteiger partial charge is 0.268 e. The van der Waals surface area contributed by atoms with E-state index in [1.54, 1.807) is 6.08 Å². The molecule has 0 saturated heterocycles. The van der Waals surface area contributed by atoms with E-state index in [1.165, 1.54) is 57.8 Å². The van der Waals surface area contributed by atoms with Crippen molar-refractivity contribution in [2.24, 2.45) is 0 Å². The van der Waals surface area contributed by atoms with Gasteiger partial charge in [-0.1, -0.05) is 206 Å². The number of rotatable bonds is 45. The van der Waals surface area contributed by atoms with Gasteiger partial charge in [-0.2, -0.15) is 0 Å². The van der Waals surface area contributed by atoms with Crippen molar-refractivity contribution in [1.29, 1.82) is 0 Å². The maximum Gasteiger partial charge on any atom is 0.268 e. The second-order valence-corrected chi connectivity index (χ2v) is 19.6. The van der Waals surface area contributed by atoms with Crippen LogP contribution >= 0.6 is 7.82 Å². The van der Waals surface area contributed by atoms with Crippen LogP contribution in [-0.4, -0.2) is 68.5 Å². The summed E-state index contributed by atoms with van der Waals surface area (Å²) in [7, 11) is 1.22. The highest BCUT2D eigenvalue weighted by atomic mass is 31.2. The van der Waals surface area contributed by atoms with Crippen molar-refractivity contribution in [3.63, 3.8) is 0 Å². The highest BCUT2D eigenvalue weighted by molar-refractivity contribution is 7.45. The molecule has 0 aromatic carbocycles. The summed E-state index contributed by atoms with van der Waals surface area (Å²) < 4.78 is 23.2. The molecule has 0 aromatic heterocycles. The van der Waals surface area contributed by atoms with E-state index in [4.69, 9.17) is 9.05 Å². The molecule has 3 atom stereocenters. The van der Waals surface area contributed by atoms with Gasteiger partial charge in [0, 0.05) is 6.42 Å². The average Bonchev–Trinajstić information content (AvgIpc) is 3.28. The van der Waals surface area contributed by atoms with Gasteiger partial charge in [0.05, 0.1) is 39.9 Å². The summed E-state index contributed by atoms with van der Waals surface area (Å²) in [5.74, 6) is -0.236. The van der Waals surface area contributed by atoms with E-state index in [9.17, 15) is 19.4 Å². The van der Waals surface area contributed by atoms with E-state index >= 15 is 0 Å². The summed E-state index contributed by atoms with van der Waals surface area (Å²) in [5.41, 5.74) is 0. The van der Waals surface area contributed by atoms with Gasteiger partial charge in [-0.15, -0.1) is 0 Å². The SMILES string of the molecule is CC/C=C\C/C=C\C/C=C\C/C=C\C/C=C\C/C=C\C/C=C\C/C=C\C/C=C\CCCCCC(=O)NC(COP(=O)([O-])OCC[N+](C)(C)C)C(O)/C=C/CCCCCCCCCCCCC. The number of hydrogen-bond donors (Lipinski definition) is 2. The van der Waals surface area contributed by atoms with E-state index in [0.29, 0.717) is 23.9 Å². The first kappa shape index (κ1) is 62.9. The molecule has 0 bridgehead atoms. The first-order valence-electron chi connectivity index (χ1n) is 25.9. The van der Waals surface area contributed by atoms with E-state index in [2.05, 4.69) is 129 Å². The Morgan fingerprint density at radius 2 is 0.924 bits per heavy atom. The summed E-state index contributed by atoms with van der Waals surface area (Å²) in [4.78, 5) is 25.4. The molecule has 3 unspecified atom stereocenters. The quantitative estimate of drug-likeness (QED) is 0.0273. The van der Waals surface area contributed by atoms with Crippen LogP contribution in [0.5, 0.6) is 0 Å². The molecule has 9 heteroatoms. The Morgan fingerprint density at radius 3 is 1.35 bits per heavy atom. The Hall–Kier alpha value is -3.10. The highest BCUT2D eigenvalue weighted by Gasteiger charge is 2.23. The summed E-state index contributed by atoms with van der Waals surface area (Å²) in [6, 6.07) is -0.913. The summed E-state index contributed by atoms with van der Waals surface area (Å²) in [6.07, 6.45) is 69.7. The van der Waals surface area contributed by atoms with Crippen molar-refractivity contribution < 1.29 is 32.9 Å². The Labute approximate surface area is 405 Å². The number of phosphoric ester groups is 1. The molecule has 1 amide bonds. The standard InChI is InChI=1S/C57H97N2O6P/c1-6-8-10-12-14-16-18-20-21-22-23-24-25-26-27-28-29-30-31-32-33-34-35-36-37-39-41-43-45-47-49-51-57(61)58-55(54-65-66(62,63)64-53-52-59(3,4)5)56(60)50-48-46-44-42-40-38-19-17-15-13-11-9-7-2/h8,10,14,16,20-21,23-24,26-27,29-30,32-33,35-36,39,41,48,50,55-56,60H,6-7,9,11-13,15,17-19,22,25,28,31,34,37-38,40,42-47,49,51-54H2,1-5H3,(H-,58,61,62,63)/b10-8-,16-14-,21-20-,24-23-,27-26-,30-29-,33-32-,36-35-,41-39-,50-48+. The van der Waals surface area contributed by atoms with Crippen molar-refractivity contribution in [3.8, 4) is 0 Å². The first-order valence-corrected chi connectivity index (χ1v) is 27.4. The van der Waals surface area contributed by atoms with Gasteiger partial charge in [0.2, 0.25) is 5.91 Å². The Balaban J connectivity index is 4.34. The number of hydrogen-bond acceptors (Lipinski definition) is 6. The van der Waals surface area contributed by atoms with Gasteiger partial charge in [-0.05, 0) is 89.9 Å². The van der Waals surface area contributed by atoms with Crippen molar-refractivity contribution in [1.82, 2.24) is 5.32 Å². The van der Waals surface area contributed by atoms with Gasteiger partial charge < -0.3 is 28.8 Å². The monoisotopic (exact) mass is 937 g/mol. The average molecular weight is 937 g/mol. The van der Waals surface area contributed by atoms with Gasteiger partial charge >= 0.3 is 0 Å². The molecule has 0 fully saturated rings. The van der Waals surface area contributed by atoms with Crippen LogP contribution in [0.25, 0.3) is 0 Å². The van der Waals surface area contributed by atoms with Crippen molar-refractivity contribution in [3.05, 3.63) is 122 Å². The second kappa shape index (κ2) is 47.0.